The first-order valence-electron chi connectivity index (χ1n) is 6.55. The monoisotopic (exact) mass is 234 g/mol. The molecule has 1 aromatic rings. The second-order valence-electron chi connectivity index (χ2n) is 5.07. The molecule has 0 aromatic heterocycles. The van der Waals surface area contributed by atoms with Gasteiger partial charge in [0, 0.05) is 12.5 Å². The van der Waals surface area contributed by atoms with Gasteiger partial charge in [-0.15, -0.1) is 0 Å². The zero-order valence-corrected chi connectivity index (χ0v) is 10.8. The van der Waals surface area contributed by atoms with Crippen LogP contribution in [0.15, 0.2) is 18.2 Å². The highest BCUT2D eigenvalue weighted by atomic mass is 16.5. The average molecular weight is 234 g/mol. The molecule has 0 amide bonds. The molecule has 2 heteroatoms. The highest BCUT2D eigenvalue weighted by molar-refractivity contribution is 5.41. The average Bonchev–Trinajstić information content (AvgIpc) is 2.90. The van der Waals surface area contributed by atoms with E-state index in [1.807, 2.05) is 0 Å². The summed E-state index contributed by atoms with van der Waals surface area (Å²) in [5.41, 5.74) is 2.55. The van der Waals surface area contributed by atoms with E-state index in [9.17, 15) is 5.11 Å². The summed E-state index contributed by atoms with van der Waals surface area (Å²) in [6.07, 6.45) is 5.20. The molecule has 1 N–H and O–H groups in total. The van der Waals surface area contributed by atoms with E-state index in [1.165, 1.54) is 36.8 Å². The van der Waals surface area contributed by atoms with E-state index in [1.54, 1.807) is 7.11 Å². The third-order valence-corrected chi connectivity index (χ3v) is 3.89. The molecule has 2 nitrogen and oxygen atoms in total. The molecule has 1 fully saturated rings. The van der Waals surface area contributed by atoms with E-state index >= 15 is 0 Å². The molecule has 2 rings (SSSR count). The largest absolute Gasteiger partial charge is 0.496 e. The predicted molar refractivity (Wildman–Crippen MR) is 69.7 cm³/mol. The van der Waals surface area contributed by atoms with Crippen molar-refractivity contribution in [3.63, 3.8) is 0 Å². The van der Waals surface area contributed by atoms with E-state index in [-0.39, 0.29) is 12.5 Å². The van der Waals surface area contributed by atoms with Crippen molar-refractivity contribution >= 4 is 0 Å². The minimum Gasteiger partial charge on any atom is -0.496 e. The molecule has 1 aliphatic rings. The van der Waals surface area contributed by atoms with Crippen molar-refractivity contribution in [1.82, 2.24) is 0 Å². The number of ether oxygens (including phenoxy) is 1. The fourth-order valence-corrected chi connectivity index (χ4v) is 2.72. The smallest absolute Gasteiger partial charge is 0.122 e. The van der Waals surface area contributed by atoms with Crippen LogP contribution in [0.25, 0.3) is 0 Å². The van der Waals surface area contributed by atoms with Gasteiger partial charge in [0.05, 0.1) is 7.11 Å². The number of aliphatic hydroxyl groups is 1. The van der Waals surface area contributed by atoms with Gasteiger partial charge in [-0.3, -0.25) is 0 Å². The Morgan fingerprint density at radius 3 is 2.65 bits per heavy atom. The molecular weight excluding hydrogens is 212 g/mol. The Hall–Kier alpha value is -1.02. The zero-order valence-electron chi connectivity index (χ0n) is 10.8. The van der Waals surface area contributed by atoms with Crippen molar-refractivity contribution in [3.8, 4) is 5.75 Å². The topological polar surface area (TPSA) is 29.5 Å². The second kappa shape index (κ2) is 5.54. The number of hydrogen-bond donors (Lipinski definition) is 1. The summed E-state index contributed by atoms with van der Waals surface area (Å²) < 4.78 is 5.46. The molecule has 0 heterocycles. The van der Waals surface area contributed by atoms with Gasteiger partial charge in [0.2, 0.25) is 0 Å². The zero-order chi connectivity index (χ0) is 12.3. The predicted octanol–water partition coefficient (Wildman–Crippen LogP) is 3.45. The minimum absolute atomic E-state index is 0.205. The highest BCUT2D eigenvalue weighted by Gasteiger charge is 2.21. The summed E-state index contributed by atoms with van der Waals surface area (Å²) in [5.74, 6) is 1.86. The van der Waals surface area contributed by atoms with Crippen molar-refractivity contribution in [1.29, 1.82) is 0 Å². The Labute approximate surface area is 104 Å². The van der Waals surface area contributed by atoms with E-state index in [4.69, 9.17) is 4.74 Å². The van der Waals surface area contributed by atoms with Crippen LogP contribution in [0.5, 0.6) is 5.75 Å². The second-order valence-corrected chi connectivity index (χ2v) is 5.07. The first kappa shape index (κ1) is 12.4. The van der Waals surface area contributed by atoms with Crippen LogP contribution in [0.4, 0.5) is 0 Å². The Balaban J connectivity index is 2.32. The van der Waals surface area contributed by atoms with Crippen molar-refractivity contribution in [2.24, 2.45) is 0 Å². The van der Waals surface area contributed by atoms with Crippen LogP contribution in [0, 0.1) is 0 Å². The Kier molecular flexibility index (Phi) is 4.06. The van der Waals surface area contributed by atoms with Crippen LogP contribution >= 0.6 is 0 Å². The van der Waals surface area contributed by atoms with E-state index < -0.39 is 0 Å². The number of methoxy groups -OCH3 is 1. The van der Waals surface area contributed by atoms with E-state index in [0.717, 1.165) is 5.75 Å². The molecular formula is C15H22O2. The van der Waals surface area contributed by atoms with Gasteiger partial charge in [-0.25, -0.2) is 0 Å². The van der Waals surface area contributed by atoms with E-state index in [0.29, 0.717) is 5.92 Å². The molecule has 94 valence electrons. The minimum atomic E-state index is 0.205. The van der Waals surface area contributed by atoms with Crippen LogP contribution in [-0.4, -0.2) is 18.8 Å². The fraction of sp³-hybridized carbons (Fsp3) is 0.600. The first-order chi connectivity index (χ1) is 8.26. The van der Waals surface area contributed by atoms with Gasteiger partial charge >= 0.3 is 0 Å². The molecule has 1 aromatic carbocycles. The molecule has 1 unspecified atom stereocenters. The van der Waals surface area contributed by atoms with Crippen LogP contribution in [0.3, 0.4) is 0 Å². The lowest BCUT2D eigenvalue weighted by atomic mass is 9.91. The summed E-state index contributed by atoms with van der Waals surface area (Å²) in [4.78, 5) is 0. The van der Waals surface area contributed by atoms with Crippen LogP contribution < -0.4 is 4.74 Å². The van der Waals surface area contributed by atoms with Crippen molar-refractivity contribution in [2.45, 2.75) is 44.4 Å². The Morgan fingerprint density at radius 2 is 2.06 bits per heavy atom. The number of benzene rings is 1. The standard InChI is InChI=1S/C15H22O2/c1-11(10-16)13-7-8-15(17-2)14(9-13)12-5-3-4-6-12/h7-9,11-12,16H,3-6,10H2,1-2H3. The molecule has 0 spiro atoms. The molecule has 0 radical (unpaired) electrons. The summed E-state index contributed by atoms with van der Waals surface area (Å²) in [6, 6.07) is 6.35. The highest BCUT2D eigenvalue weighted by Crippen LogP contribution is 2.39. The lowest BCUT2D eigenvalue weighted by Gasteiger charge is -2.17. The summed E-state index contributed by atoms with van der Waals surface area (Å²) in [5, 5.41) is 9.24. The molecule has 17 heavy (non-hydrogen) atoms. The lowest BCUT2D eigenvalue weighted by Crippen LogP contribution is -2.03. The van der Waals surface area contributed by atoms with Gasteiger partial charge in [0.25, 0.3) is 0 Å². The number of aliphatic hydroxyl groups excluding tert-OH is 1. The molecule has 0 saturated heterocycles. The number of rotatable bonds is 4. The van der Waals surface area contributed by atoms with Crippen molar-refractivity contribution in [2.75, 3.05) is 13.7 Å². The van der Waals surface area contributed by atoms with Crippen LogP contribution in [0.2, 0.25) is 0 Å². The molecule has 0 aliphatic heterocycles. The maximum Gasteiger partial charge on any atom is 0.122 e. The molecule has 1 saturated carbocycles. The fourth-order valence-electron chi connectivity index (χ4n) is 2.72. The lowest BCUT2D eigenvalue weighted by molar-refractivity contribution is 0.273. The first-order valence-corrected chi connectivity index (χ1v) is 6.55. The third kappa shape index (κ3) is 2.63. The van der Waals surface area contributed by atoms with Gasteiger partial charge in [-0.2, -0.15) is 0 Å². The van der Waals surface area contributed by atoms with Crippen molar-refractivity contribution in [3.05, 3.63) is 29.3 Å². The van der Waals surface area contributed by atoms with Gasteiger partial charge in [-0.05, 0) is 36.0 Å². The third-order valence-electron chi connectivity index (χ3n) is 3.89. The maximum absolute atomic E-state index is 9.24. The Morgan fingerprint density at radius 1 is 1.35 bits per heavy atom. The van der Waals surface area contributed by atoms with Crippen LogP contribution in [0.1, 0.15) is 55.6 Å². The van der Waals surface area contributed by atoms with Gasteiger partial charge in [0.15, 0.2) is 0 Å². The van der Waals surface area contributed by atoms with E-state index in [2.05, 4.69) is 25.1 Å². The molecule has 0 bridgehead atoms. The van der Waals surface area contributed by atoms with Crippen LogP contribution in [-0.2, 0) is 0 Å². The normalized spacial score (nSPS) is 18.3. The maximum atomic E-state index is 9.24. The van der Waals surface area contributed by atoms with Crippen molar-refractivity contribution < 1.29 is 9.84 Å². The summed E-state index contributed by atoms with van der Waals surface area (Å²) >= 11 is 0. The molecule has 1 atom stereocenters. The van der Waals surface area contributed by atoms with Gasteiger partial charge < -0.3 is 9.84 Å². The number of hydrogen-bond acceptors (Lipinski definition) is 2. The summed E-state index contributed by atoms with van der Waals surface area (Å²) in [6.45, 7) is 2.26. The quantitative estimate of drug-likeness (QED) is 0.864. The SMILES string of the molecule is COc1ccc(C(C)CO)cc1C1CCCC1. The molecule has 1 aliphatic carbocycles. The summed E-state index contributed by atoms with van der Waals surface area (Å²) in [7, 11) is 1.74. The van der Waals surface area contributed by atoms with Gasteiger partial charge in [-0.1, -0.05) is 31.9 Å². The van der Waals surface area contributed by atoms with Gasteiger partial charge in [0.1, 0.15) is 5.75 Å². The Bertz CT molecular complexity index is 367.